The lowest BCUT2D eigenvalue weighted by Crippen LogP contribution is -2.25. The van der Waals surface area contributed by atoms with Crippen molar-refractivity contribution in [1.82, 2.24) is 4.72 Å². The average molecular weight is 354 g/mol. The molecule has 6 nitrogen and oxygen atoms in total. The highest BCUT2D eigenvalue weighted by molar-refractivity contribution is 7.90. The molecule has 2 aromatic rings. The monoisotopic (exact) mass is 354 g/mol. The summed E-state index contributed by atoms with van der Waals surface area (Å²) in [7, 11) is -7.71. The maximum atomic E-state index is 12.2. The summed E-state index contributed by atoms with van der Waals surface area (Å²) in [5, 5.41) is 5.01. The maximum Gasteiger partial charge on any atom is 0.240 e. The van der Waals surface area contributed by atoms with E-state index in [0.29, 0.717) is 6.42 Å². The van der Waals surface area contributed by atoms with Crippen molar-refractivity contribution in [2.45, 2.75) is 22.6 Å². The van der Waals surface area contributed by atoms with Crippen molar-refractivity contribution in [1.29, 1.82) is 0 Å². The number of primary sulfonamides is 1. The quantitative estimate of drug-likeness (QED) is 0.730. The summed E-state index contributed by atoms with van der Waals surface area (Å²) in [6.07, 6.45) is 1.39. The first-order valence-electron chi connectivity index (χ1n) is 6.95. The molecule has 0 amide bonds. The highest BCUT2D eigenvalue weighted by Crippen LogP contribution is 2.14. The largest absolute Gasteiger partial charge is 0.240 e. The molecule has 0 atom stereocenters. The Labute approximate surface area is 136 Å². The molecule has 0 aromatic heterocycles. The second kappa shape index (κ2) is 7.22. The number of hydrogen-bond acceptors (Lipinski definition) is 4. The molecule has 0 bridgehead atoms. The van der Waals surface area contributed by atoms with Crippen LogP contribution in [0.1, 0.15) is 12.0 Å². The lowest BCUT2D eigenvalue weighted by Gasteiger charge is -2.08. The van der Waals surface area contributed by atoms with Crippen LogP contribution in [0.4, 0.5) is 0 Å². The fraction of sp³-hybridized carbons (Fsp3) is 0.200. The lowest BCUT2D eigenvalue weighted by atomic mass is 10.1. The number of hydrogen-bond donors (Lipinski definition) is 2. The predicted octanol–water partition coefficient (Wildman–Crippen LogP) is 1.25. The van der Waals surface area contributed by atoms with Crippen molar-refractivity contribution in [3.63, 3.8) is 0 Å². The van der Waals surface area contributed by atoms with Gasteiger partial charge < -0.3 is 0 Å². The fourth-order valence-electron chi connectivity index (χ4n) is 2.05. The minimum Gasteiger partial charge on any atom is -0.225 e. The number of nitrogens with one attached hydrogen (secondary N) is 1. The molecule has 0 saturated carbocycles. The summed E-state index contributed by atoms with van der Waals surface area (Å²) in [5.41, 5.74) is 1.13. The molecule has 0 spiro atoms. The summed E-state index contributed by atoms with van der Waals surface area (Å²) in [5.74, 6) is 0. The van der Waals surface area contributed by atoms with Gasteiger partial charge in [0.25, 0.3) is 0 Å². The minimum absolute atomic E-state index is 0.122. The smallest absolute Gasteiger partial charge is 0.225 e. The zero-order valence-corrected chi connectivity index (χ0v) is 14.0. The van der Waals surface area contributed by atoms with Crippen molar-refractivity contribution < 1.29 is 16.8 Å². The molecule has 2 rings (SSSR count). The van der Waals surface area contributed by atoms with Crippen LogP contribution in [0, 0.1) is 0 Å². The second-order valence-electron chi connectivity index (χ2n) is 5.01. The number of rotatable bonds is 7. The third kappa shape index (κ3) is 5.14. The Morgan fingerprint density at radius 3 is 2.17 bits per heavy atom. The van der Waals surface area contributed by atoms with Crippen LogP contribution < -0.4 is 9.86 Å². The fourth-order valence-corrected chi connectivity index (χ4v) is 3.80. The zero-order valence-electron chi connectivity index (χ0n) is 12.3. The Hall–Kier alpha value is -1.74. The van der Waals surface area contributed by atoms with E-state index in [0.717, 1.165) is 18.1 Å². The van der Waals surface area contributed by atoms with Crippen LogP contribution in [-0.2, 0) is 26.5 Å². The molecule has 3 N–H and O–H groups in total. The molecule has 23 heavy (non-hydrogen) atoms. The van der Waals surface area contributed by atoms with E-state index in [9.17, 15) is 16.8 Å². The maximum absolute atomic E-state index is 12.2. The van der Waals surface area contributed by atoms with Crippen molar-refractivity contribution in [3.8, 4) is 0 Å². The van der Waals surface area contributed by atoms with E-state index in [1.807, 2.05) is 30.3 Å². The predicted molar refractivity (Wildman–Crippen MR) is 87.8 cm³/mol. The Morgan fingerprint density at radius 1 is 0.870 bits per heavy atom. The number of nitrogens with two attached hydrogens (primary N) is 1. The summed E-state index contributed by atoms with van der Waals surface area (Å²) in [4.78, 5) is -0.353. The van der Waals surface area contributed by atoms with Gasteiger partial charge in [-0.15, -0.1) is 0 Å². The zero-order chi connectivity index (χ0) is 16.9. The van der Waals surface area contributed by atoms with Gasteiger partial charge in [-0.3, -0.25) is 0 Å². The van der Waals surface area contributed by atoms with Crippen LogP contribution in [0.15, 0.2) is 64.4 Å². The summed E-state index contributed by atoms with van der Waals surface area (Å²) in [6.45, 7) is 0.261. The Balaban J connectivity index is 1.99. The van der Waals surface area contributed by atoms with Gasteiger partial charge >= 0.3 is 0 Å². The van der Waals surface area contributed by atoms with E-state index in [1.165, 1.54) is 18.2 Å². The van der Waals surface area contributed by atoms with Gasteiger partial charge in [0.05, 0.1) is 9.79 Å². The van der Waals surface area contributed by atoms with Crippen LogP contribution in [-0.4, -0.2) is 23.4 Å². The third-order valence-corrected chi connectivity index (χ3v) is 5.59. The Morgan fingerprint density at radius 2 is 1.52 bits per heavy atom. The Bertz CT molecular complexity index is 863. The summed E-state index contributed by atoms with van der Waals surface area (Å²) >= 11 is 0. The molecular formula is C15H18N2O4S2. The average Bonchev–Trinajstić information content (AvgIpc) is 2.52. The molecule has 0 aliphatic rings. The molecule has 0 aliphatic carbocycles. The molecule has 0 fully saturated rings. The van der Waals surface area contributed by atoms with Gasteiger partial charge in [0.1, 0.15) is 0 Å². The molecule has 0 aliphatic heterocycles. The first kappa shape index (κ1) is 17.6. The van der Waals surface area contributed by atoms with Gasteiger partial charge in [-0.1, -0.05) is 36.4 Å². The number of aryl methyl sites for hydroxylation is 1. The molecule has 8 heteroatoms. The standard InChI is InChI=1S/C15H18N2O4S2/c16-22(18,19)14-9-4-10-15(12-14)23(20,21)17-11-5-8-13-6-2-1-3-7-13/h1-4,6-7,9-10,12,17H,5,8,11H2,(H2,16,18,19). The van der Waals surface area contributed by atoms with E-state index in [2.05, 4.69) is 4.72 Å². The van der Waals surface area contributed by atoms with Gasteiger partial charge in [0.15, 0.2) is 0 Å². The van der Waals surface area contributed by atoms with Gasteiger partial charge in [-0.05, 0) is 36.6 Å². The summed E-state index contributed by atoms with van der Waals surface area (Å²) < 4.78 is 49.4. The van der Waals surface area contributed by atoms with E-state index in [-0.39, 0.29) is 16.3 Å². The molecule has 0 heterocycles. The molecule has 0 saturated heterocycles. The summed E-state index contributed by atoms with van der Waals surface area (Å²) in [6, 6.07) is 14.7. The van der Waals surface area contributed by atoms with Crippen LogP contribution >= 0.6 is 0 Å². The number of sulfonamides is 2. The van der Waals surface area contributed by atoms with Gasteiger partial charge in [0.2, 0.25) is 20.0 Å². The molecule has 2 aromatic carbocycles. The van der Waals surface area contributed by atoms with E-state index in [4.69, 9.17) is 5.14 Å². The normalized spacial score (nSPS) is 12.2. The first-order chi connectivity index (χ1) is 10.8. The van der Waals surface area contributed by atoms with Crippen LogP contribution in [0.2, 0.25) is 0 Å². The highest BCUT2D eigenvalue weighted by atomic mass is 32.2. The molecule has 0 unspecified atom stereocenters. The Kier molecular flexibility index (Phi) is 5.53. The topological polar surface area (TPSA) is 106 Å². The number of benzene rings is 2. The highest BCUT2D eigenvalue weighted by Gasteiger charge is 2.16. The van der Waals surface area contributed by atoms with Crippen LogP contribution in [0.5, 0.6) is 0 Å². The SMILES string of the molecule is NS(=O)(=O)c1cccc(S(=O)(=O)NCCCc2ccccc2)c1. The van der Waals surface area contributed by atoms with Crippen molar-refractivity contribution in [2.24, 2.45) is 5.14 Å². The van der Waals surface area contributed by atoms with E-state index < -0.39 is 20.0 Å². The van der Waals surface area contributed by atoms with Crippen molar-refractivity contribution >= 4 is 20.0 Å². The molecule has 0 radical (unpaired) electrons. The molecule has 124 valence electrons. The van der Waals surface area contributed by atoms with Gasteiger partial charge in [-0.2, -0.15) is 0 Å². The van der Waals surface area contributed by atoms with Crippen molar-refractivity contribution in [2.75, 3.05) is 6.54 Å². The van der Waals surface area contributed by atoms with Crippen LogP contribution in [0.3, 0.4) is 0 Å². The van der Waals surface area contributed by atoms with E-state index >= 15 is 0 Å². The molecular weight excluding hydrogens is 336 g/mol. The van der Waals surface area contributed by atoms with Crippen molar-refractivity contribution in [3.05, 3.63) is 60.2 Å². The first-order valence-corrected chi connectivity index (χ1v) is 9.98. The minimum atomic E-state index is -3.94. The third-order valence-electron chi connectivity index (χ3n) is 3.22. The van der Waals surface area contributed by atoms with E-state index in [1.54, 1.807) is 0 Å². The van der Waals surface area contributed by atoms with Gasteiger partial charge in [0, 0.05) is 6.54 Å². The second-order valence-corrected chi connectivity index (χ2v) is 8.34. The van der Waals surface area contributed by atoms with Crippen LogP contribution in [0.25, 0.3) is 0 Å². The van der Waals surface area contributed by atoms with Gasteiger partial charge in [-0.25, -0.2) is 26.7 Å². The lowest BCUT2D eigenvalue weighted by molar-refractivity contribution is 0.578.